The van der Waals surface area contributed by atoms with Crippen LogP contribution in [0.3, 0.4) is 0 Å². The minimum Gasteiger partial charge on any atom is -0.777 e. The zero-order valence-electron chi connectivity index (χ0n) is 5.66. The molecule has 0 saturated heterocycles. The molecule has 0 aliphatic heterocycles. The topological polar surface area (TPSA) is 75.4 Å². The molecule has 0 aliphatic carbocycles. The van der Waals surface area contributed by atoms with Crippen LogP contribution in [-0.2, 0) is 9.19 Å². The maximum Gasteiger partial charge on any atom is 1.00 e. The van der Waals surface area contributed by atoms with Gasteiger partial charge in [0.2, 0.25) is 0 Å². The van der Waals surface area contributed by atoms with Gasteiger partial charge >= 0.3 is 51.4 Å². The first kappa shape index (κ1) is 13.3. The molecule has 1 atom stereocenters. The van der Waals surface area contributed by atoms with Crippen LogP contribution < -0.4 is 62.2 Å². The fourth-order valence-electron chi connectivity index (χ4n) is 0.327. The number of nitrogens with two attached hydrogens (primary N) is 1. The van der Waals surface area contributed by atoms with E-state index in [1.807, 2.05) is 0 Å². The van der Waals surface area contributed by atoms with Crippen molar-refractivity contribution in [2.24, 2.45) is 5.90 Å². The van der Waals surface area contributed by atoms with Gasteiger partial charge in [0.25, 0.3) is 0 Å². The molecule has 0 heterocycles. The van der Waals surface area contributed by atoms with E-state index in [1.54, 1.807) is 6.92 Å². The van der Waals surface area contributed by atoms with Crippen LogP contribution in [0.15, 0.2) is 0 Å². The predicted molar refractivity (Wildman–Crippen MR) is 28.0 cm³/mol. The van der Waals surface area contributed by atoms with Crippen LogP contribution in [0.1, 0.15) is 13.3 Å². The summed E-state index contributed by atoms with van der Waals surface area (Å²) in [4.78, 5) is 10.3. The molecular weight excluding hydrogens is 168 g/mol. The van der Waals surface area contributed by atoms with Gasteiger partial charge in [-0.05, 0) is 6.42 Å². The first-order valence-corrected chi connectivity index (χ1v) is 4.03. The van der Waals surface area contributed by atoms with E-state index in [2.05, 4.69) is 10.5 Å². The summed E-state index contributed by atoms with van der Waals surface area (Å²) in [6, 6.07) is 0. The minimum atomic E-state index is -3.65. The van der Waals surface area contributed by atoms with Crippen molar-refractivity contribution in [1.29, 1.82) is 0 Å². The molecule has 0 saturated carbocycles. The first-order chi connectivity index (χ1) is 3.62. The van der Waals surface area contributed by atoms with Gasteiger partial charge in [-0.25, -0.2) is 5.90 Å². The molecule has 0 aromatic rings. The third kappa shape index (κ3) is 7.65. The molecule has 1 unspecified atom stereocenters. The van der Waals surface area contributed by atoms with Gasteiger partial charge in [-0.2, -0.15) is 0 Å². The van der Waals surface area contributed by atoms with Crippen LogP contribution in [0, 0.1) is 0 Å². The van der Waals surface area contributed by atoms with Crippen molar-refractivity contribution in [3.8, 4) is 0 Å². The van der Waals surface area contributed by atoms with Gasteiger partial charge in [-0.3, -0.25) is 4.62 Å². The molecule has 0 aromatic carbocycles. The molecule has 0 amide bonds. The number of rotatable bonds is 3. The molecule has 50 valence electrons. The molecule has 0 aromatic heterocycles. The zero-order valence-corrected chi connectivity index (χ0v) is 9.68. The number of hydrogen-bond acceptors (Lipinski definition) is 4. The maximum absolute atomic E-state index is 10.3. The summed E-state index contributed by atoms with van der Waals surface area (Å²) < 4.78 is 14.0. The SMILES string of the molecule is CCCP(=O)([O-])ON.[K+]. The summed E-state index contributed by atoms with van der Waals surface area (Å²) in [6.45, 7) is 1.74. The van der Waals surface area contributed by atoms with Gasteiger partial charge in [0.05, 0.1) is 0 Å². The first-order valence-electron chi connectivity index (χ1n) is 2.31. The molecule has 4 nitrogen and oxygen atoms in total. The second-order valence-corrected chi connectivity index (χ2v) is 3.32. The van der Waals surface area contributed by atoms with E-state index in [9.17, 15) is 9.46 Å². The number of hydrogen-bond donors (Lipinski definition) is 1. The Morgan fingerprint density at radius 3 is 2.33 bits per heavy atom. The molecule has 0 rings (SSSR count). The van der Waals surface area contributed by atoms with Gasteiger partial charge in [0, 0.05) is 6.16 Å². The standard InChI is InChI=1S/C3H10NO3P.K/c1-2-3-8(5,6)7-4;/h2-4H2,1H3,(H,5,6);/q;+1/p-1. The van der Waals surface area contributed by atoms with Gasteiger partial charge in [-0.1, -0.05) is 6.92 Å². The molecule has 2 N–H and O–H groups in total. The maximum atomic E-state index is 10.3. The molecule has 0 aliphatic rings. The Morgan fingerprint density at radius 1 is 1.78 bits per heavy atom. The van der Waals surface area contributed by atoms with Gasteiger partial charge in [-0.15, -0.1) is 0 Å². The van der Waals surface area contributed by atoms with Crippen LogP contribution in [0.2, 0.25) is 0 Å². The van der Waals surface area contributed by atoms with E-state index in [4.69, 9.17) is 0 Å². The fraction of sp³-hybridized carbons (Fsp3) is 1.00. The summed E-state index contributed by atoms with van der Waals surface area (Å²) >= 11 is 0. The van der Waals surface area contributed by atoms with Crippen LogP contribution in [-0.4, -0.2) is 6.16 Å². The molecule has 9 heavy (non-hydrogen) atoms. The van der Waals surface area contributed by atoms with Gasteiger partial charge in [0.15, 0.2) is 7.60 Å². The second-order valence-electron chi connectivity index (χ2n) is 1.44. The summed E-state index contributed by atoms with van der Waals surface area (Å²) in [5.41, 5.74) is 0. The second kappa shape index (κ2) is 6.46. The van der Waals surface area contributed by atoms with Gasteiger partial charge in [0.1, 0.15) is 0 Å². The molecule has 6 heteroatoms. The smallest absolute Gasteiger partial charge is 0.777 e. The largest absolute Gasteiger partial charge is 1.00 e. The van der Waals surface area contributed by atoms with Crippen molar-refractivity contribution < 1.29 is 65.5 Å². The Morgan fingerprint density at radius 2 is 2.22 bits per heavy atom. The monoisotopic (exact) mass is 177 g/mol. The van der Waals surface area contributed by atoms with Crippen molar-refractivity contribution in [2.75, 3.05) is 6.16 Å². The van der Waals surface area contributed by atoms with Crippen molar-refractivity contribution in [2.45, 2.75) is 13.3 Å². The van der Waals surface area contributed by atoms with Gasteiger partial charge < -0.3 is 9.46 Å². The fourth-order valence-corrected chi connectivity index (χ4v) is 0.980. The molecule has 0 radical (unpaired) electrons. The summed E-state index contributed by atoms with van der Waals surface area (Å²) in [7, 11) is -3.65. The summed E-state index contributed by atoms with van der Waals surface area (Å²) in [5, 5.41) is 0. The van der Waals surface area contributed by atoms with Crippen molar-refractivity contribution in [1.82, 2.24) is 0 Å². The Labute approximate surface area is 97.1 Å². The Bertz CT molecular complexity index is 109. The van der Waals surface area contributed by atoms with E-state index in [0.29, 0.717) is 6.42 Å². The third-order valence-electron chi connectivity index (χ3n) is 0.658. The van der Waals surface area contributed by atoms with Crippen LogP contribution in [0.5, 0.6) is 0 Å². The van der Waals surface area contributed by atoms with Crippen molar-refractivity contribution in [3.63, 3.8) is 0 Å². The van der Waals surface area contributed by atoms with Crippen LogP contribution >= 0.6 is 7.60 Å². The van der Waals surface area contributed by atoms with Crippen molar-refractivity contribution >= 4 is 7.60 Å². The minimum absolute atomic E-state index is 0. The molecule has 0 bridgehead atoms. The van der Waals surface area contributed by atoms with Crippen LogP contribution in [0.25, 0.3) is 0 Å². The van der Waals surface area contributed by atoms with Crippen molar-refractivity contribution in [3.05, 3.63) is 0 Å². The predicted octanol–water partition coefficient (Wildman–Crippen LogP) is -3.16. The molecular formula is C3H9KNO3P. The summed E-state index contributed by atoms with van der Waals surface area (Å²) in [5.74, 6) is 4.42. The zero-order chi connectivity index (χ0) is 6.62. The van der Waals surface area contributed by atoms with E-state index in [1.165, 1.54) is 0 Å². The normalized spacial score (nSPS) is 15.9. The third-order valence-corrected chi connectivity index (χ3v) is 1.97. The van der Waals surface area contributed by atoms with E-state index in [-0.39, 0.29) is 57.5 Å². The summed E-state index contributed by atoms with van der Waals surface area (Å²) in [6.07, 6.45) is 0.557. The Kier molecular flexibility index (Phi) is 9.57. The average molecular weight is 177 g/mol. The Balaban J connectivity index is 0. The van der Waals surface area contributed by atoms with E-state index < -0.39 is 7.60 Å². The van der Waals surface area contributed by atoms with E-state index >= 15 is 0 Å². The van der Waals surface area contributed by atoms with E-state index in [0.717, 1.165) is 0 Å². The Hall–Kier alpha value is 1.75. The average Bonchev–Trinajstić information content (AvgIpc) is 1.67. The molecule has 0 fully saturated rings. The van der Waals surface area contributed by atoms with Crippen LogP contribution in [0.4, 0.5) is 0 Å². The molecule has 0 spiro atoms. The quantitative estimate of drug-likeness (QED) is 0.280.